The molecular weight excluding hydrogens is 325 g/mol. The number of amides is 2. The van der Waals surface area contributed by atoms with Gasteiger partial charge in [-0.2, -0.15) is 13.2 Å². The van der Waals surface area contributed by atoms with Crippen LogP contribution in [0.4, 0.5) is 18.9 Å². The van der Waals surface area contributed by atoms with E-state index in [0.29, 0.717) is 0 Å². The monoisotopic (exact) mass is 338 g/mol. The zero-order valence-electron chi connectivity index (χ0n) is 12.8. The number of nitrogens with one attached hydrogen (secondary N) is 1. The van der Waals surface area contributed by atoms with Crippen LogP contribution in [-0.2, 0) is 6.18 Å². The first kappa shape index (κ1) is 17.4. The van der Waals surface area contributed by atoms with Crippen LogP contribution >= 0.6 is 0 Å². The van der Waals surface area contributed by atoms with E-state index >= 15 is 0 Å². The van der Waals surface area contributed by atoms with E-state index in [4.69, 9.17) is 0 Å². The van der Waals surface area contributed by atoms with Gasteiger partial charge in [-0.3, -0.25) is 9.59 Å². The molecule has 1 aromatic heterocycles. The maximum atomic E-state index is 12.4. The third kappa shape index (κ3) is 3.86. The Hall–Kier alpha value is -2.97. The maximum absolute atomic E-state index is 12.4. The van der Waals surface area contributed by atoms with Crippen LogP contribution in [-0.4, -0.2) is 40.8 Å². The Bertz CT molecular complexity index is 758. The number of halogens is 3. The van der Waals surface area contributed by atoms with Crippen molar-refractivity contribution in [2.45, 2.75) is 6.18 Å². The molecule has 0 saturated carbocycles. The number of carbonyl (C=O) groups is 2. The fourth-order valence-electron chi connectivity index (χ4n) is 1.81. The molecular formula is C15H13F3N4O2. The molecule has 0 bridgehead atoms. The van der Waals surface area contributed by atoms with Gasteiger partial charge in [-0.25, -0.2) is 9.97 Å². The van der Waals surface area contributed by atoms with Crippen molar-refractivity contribution in [1.82, 2.24) is 14.9 Å². The second-order valence-corrected chi connectivity index (χ2v) is 4.99. The predicted molar refractivity (Wildman–Crippen MR) is 79.4 cm³/mol. The van der Waals surface area contributed by atoms with Gasteiger partial charge in [0.15, 0.2) is 0 Å². The first-order valence-electron chi connectivity index (χ1n) is 6.71. The molecule has 1 aromatic carbocycles. The Morgan fingerprint density at radius 2 is 1.67 bits per heavy atom. The Labute approximate surface area is 135 Å². The Kier molecular flexibility index (Phi) is 4.82. The fraction of sp³-hybridized carbons (Fsp3) is 0.200. The van der Waals surface area contributed by atoms with Gasteiger partial charge in [-0.1, -0.05) is 12.1 Å². The van der Waals surface area contributed by atoms with Gasteiger partial charge in [-0.15, -0.1) is 0 Å². The molecule has 24 heavy (non-hydrogen) atoms. The SMILES string of the molecule is CN(C)C(=O)c1ccccc1NC(=O)c1cnc(C(F)(F)F)nc1. The van der Waals surface area contributed by atoms with Crippen LogP contribution < -0.4 is 5.32 Å². The molecule has 2 rings (SSSR count). The third-order valence-electron chi connectivity index (χ3n) is 2.98. The van der Waals surface area contributed by atoms with E-state index in [0.717, 1.165) is 12.4 Å². The van der Waals surface area contributed by atoms with Gasteiger partial charge in [-0.05, 0) is 12.1 Å². The number of carbonyl (C=O) groups excluding carboxylic acids is 2. The lowest BCUT2D eigenvalue weighted by atomic mass is 10.1. The summed E-state index contributed by atoms with van der Waals surface area (Å²) in [7, 11) is 3.12. The van der Waals surface area contributed by atoms with Crippen molar-refractivity contribution in [2.24, 2.45) is 0 Å². The average molecular weight is 338 g/mol. The van der Waals surface area contributed by atoms with Crippen LogP contribution in [0.5, 0.6) is 0 Å². The lowest BCUT2D eigenvalue weighted by molar-refractivity contribution is -0.145. The van der Waals surface area contributed by atoms with E-state index in [1.807, 2.05) is 0 Å². The van der Waals surface area contributed by atoms with E-state index in [-0.39, 0.29) is 22.7 Å². The number of aromatic nitrogens is 2. The second-order valence-electron chi connectivity index (χ2n) is 4.99. The zero-order chi connectivity index (χ0) is 17.9. The number of benzene rings is 1. The molecule has 0 radical (unpaired) electrons. The molecule has 126 valence electrons. The van der Waals surface area contributed by atoms with Crippen molar-refractivity contribution in [3.8, 4) is 0 Å². The lowest BCUT2D eigenvalue weighted by Gasteiger charge is -2.14. The molecule has 0 aliphatic rings. The molecule has 2 amide bonds. The summed E-state index contributed by atoms with van der Waals surface area (Å²) in [5.74, 6) is -2.38. The molecule has 0 spiro atoms. The number of hydrogen-bond acceptors (Lipinski definition) is 4. The topological polar surface area (TPSA) is 75.2 Å². The maximum Gasteiger partial charge on any atom is 0.451 e. The molecule has 0 aliphatic heterocycles. The van der Waals surface area contributed by atoms with Crippen LogP contribution in [0.3, 0.4) is 0 Å². The number of para-hydroxylation sites is 1. The minimum Gasteiger partial charge on any atom is -0.345 e. The zero-order valence-corrected chi connectivity index (χ0v) is 12.8. The first-order chi connectivity index (χ1) is 11.2. The van der Waals surface area contributed by atoms with Crippen molar-refractivity contribution in [2.75, 3.05) is 19.4 Å². The van der Waals surface area contributed by atoms with Crippen LogP contribution in [0.25, 0.3) is 0 Å². The quantitative estimate of drug-likeness (QED) is 0.933. The molecule has 0 atom stereocenters. The standard InChI is InChI=1S/C15H13F3N4O2/c1-22(2)13(24)10-5-3-4-6-11(10)21-12(23)9-7-19-14(20-8-9)15(16,17)18/h3-8H,1-2H3,(H,21,23). The summed E-state index contributed by atoms with van der Waals surface area (Å²) in [5, 5.41) is 2.47. The van der Waals surface area contributed by atoms with E-state index in [1.54, 1.807) is 26.2 Å². The Balaban J connectivity index is 2.23. The summed E-state index contributed by atoms with van der Waals surface area (Å²) in [6.45, 7) is 0. The highest BCUT2D eigenvalue weighted by atomic mass is 19.4. The van der Waals surface area contributed by atoms with E-state index in [2.05, 4.69) is 15.3 Å². The van der Waals surface area contributed by atoms with Gasteiger partial charge in [0.2, 0.25) is 5.82 Å². The van der Waals surface area contributed by atoms with E-state index in [9.17, 15) is 22.8 Å². The van der Waals surface area contributed by atoms with Gasteiger partial charge >= 0.3 is 6.18 Å². The summed E-state index contributed by atoms with van der Waals surface area (Å²) in [4.78, 5) is 31.8. The summed E-state index contributed by atoms with van der Waals surface area (Å²) in [6, 6.07) is 6.29. The highest BCUT2D eigenvalue weighted by Crippen LogP contribution is 2.25. The van der Waals surface area contributed by atoms with Crippen molar-refractivity contribution < 1.29 is 22.8 Å². The normalized spacial score (nSPS) is 11.0. The second kappa shape index (κ2) is 6.65. The molecule has 6 nitrogen and oxygen atoms in total. The summed E-state index contributed by atoms with van der Waals surface area (Å²) >= 11 is 0. The predicted octanol–water partition coefficient (Wildman–Crippen LogP) is 2.45. The largest absolute Gasteiger partial charge is 0.451 e. The number of hydrogen-bond donors (Lipinski definition) is 1. The van der Waals surface area contributed by atoms with Gasteiger partial charge in [0.25, 0.3) is 11.8 Å². The molecule has 2 aromatic rings. The highest BCUT2D eigenvalue weighted by Gasteiger charge is 2.34. The van der Waals surface area contributed by atoms with Gasteiger partial charge in [0.1, 0.15) is 0 Å². The fourth-order valence-corrected chi connectivity index (χ4v) is 1.81. The number of nitrogens with zero attached hydrogens (tertiary/aromatic N) is 3. The number of alkyl halides is 3. The van der Waals surface area contributed by atoms with Crippen LogP contribution in [0, 0.1) is 0 Å². The van der Waals surface area contributed by atoms with Crippen LogP contribution in [0.1, 0.15) is 26.5 Å². The van der Waals surface area contributed by atoms with E-state index in [1.165, 1.54) is 17.0 Å². The first-order valence-corrected chi connectivity index (χ1v) is 6.71. The number of anilines is 1. The minimum atomic E-state index is -4.68. The van der Waals surface area contributed by atoms with Crippen molar-refractivity contribution >= 4 is 17.5 Å². The van der Waals surface area contributed by atoms with Crippen LogP contribution in [0.15, 0.2) is 36.7 Å². The number of rotatable bonds is 3. The average Bonchev–Trinajstić information content (AvgIpc) is 2.54. The highest BCUT2D eigenvalue weighted by molar-refractivity contribution is 6.08. The summed E-state index contributed by atoms with van der Waals surface area (Å²) in [6.07, 6.45) is -3.12. The minimum absolute atomic E-state index is 0.157. The van der Waals surface area contributed by atoms with Crippen molar-refractivity contribution in [1.29, 1.82) is 0 Å². The molecule has 0 saturated heterocycles. The van der Waals surface area contributed by atoms with E-state index < -0.39 is 17.9 Å². The Morgan fingerprint density at radius 1 is 1.08 bits per heavy atom. The third-order valence-corrected chi connectivity index (χ3v) is 2.98. The smallest absolute Gasteiger partial charge is 0.345 e. The molecule has 1 N–H and O–H groups in total. The molecule has 1 heterocycles. The lowest BCUT2D eigenvalue weighted by Crippen LogP contribution is -2.24. The van der Waals surface area contributed by atoms with Crippen LogP contribution in [0.2, 0.25) is 0 Å². The van der Waals surface area contributed by atoms with Gasteiger partial charge < -0.3 is 10.2 Å². The molecule has 0 fully saturated rings. The molecule has 0 aliphatic carbocycles. The van der Waals surface area contributed by atoms with Gasteiger partial charge in [0.05, 0.1) is 16.8 Å². The summed E-state index contributed by atoms with van der Waals surface area (Å²) < 4.78 is 37.3. The molecule has 9 heteroatoms. The Morgan fingerprint density at radius 3 is 2.21 bits per heavy atom. The van der Waals surface area contributed by atoms with Crippen molar-refractivity contribution in [3.05, 3.63) is 53.6 Å². The molecule has 0 unspecified atom stereocenters. The summed E-state index contributed by atoms with van der Waals surface area (Å²) in [5.41, 5.74) is 0.333. The van der Waals surface area contributed by atoms with Gasteiger partial charge in [0, 0.05) is 26.5 Å². The van der Waals surface area contributed by atoms with Crippen molar-refractivity contribution in [3.63, 3.8) is 0 Å².